The van der Waals surface area contributed by atoms with Crippen LogP contribution in [0.2, 0.25) is 0 Å². The molecule has 0 saturated carbocycles. The highest BCUT2D eigenvalue weighted by Crippen LogP contribution is 2.31. The number of nitrogens with one attached hydrogen (secondary N) is 1. The maximum absolute atomic E-state index is 4.88. The molecule has 0 spiro atoms. The molecule has 0 amide bonds. The van der Waals surface area contributed by atoms with Crippen LogP contribution in [0, 0.1) is 0 Å². The summed E-state index contributed by atoms with van der Waals surface area (Å²) in [7, 11) is 0. The summed E-state index contributed by atoms with van der Waals surface area (Å²) < 4.78 is 4.11. The average Bonchev–Trinajstić information content (AvgIpc) is 3.50. The van der Waals surface area contributed by atoms with E-state index in [1.54, 1.807) is 12.4 Å². The first kappa shape index (κ1) is 19.9. The van der Waals surface area contributed by atoms with Crippen molar-refractivity contribution in [1.82, 2.24) is 33.9 Å². The van der Waals surface area contributed by atoms with Crippen LogP contribution < -0.4 is 5.32 Å². The van der Waals surface area contributed by atoms with Gasteiger partial charge in [0.05, 0.1) is 17.7 Å². The monoisotopic (exact) mass is 424 g/mol. The van der Waals surface area contributed by atoms with E-state index in [0.717, 1.165) is 60.0 Å². The molecule has 5 aromatic rings. The summed E-state index contributed by atoms with van der Waals surface area (Å²) in [5, 5.41) is 3.33. The normalized spacial score (nSPS) is 11.2. The quantitative estimate of drug-likeness (QED) is 0.377. The number of rotatable bonds is 8. The first-order chi connectivity index (χ1) is 15.8. The molecule has 160 valence electrons. The predicted molar refractivity (Wildman–Crippen MR) is 124 cm³/mol. The number of pyridine rings is 2. The van der Waals surface area contributed by atoms with Crippen molar-refractivity contribution < 1.29 is 0 Å². The van der Waals surface area contributed by atoms with Gasteiger partial charge in [0, 0.05) is 43.6 Å². The fourth-order valence-electron chi connectivity index (χ4n) is 3.68. The number of fused-ring (bicyclic) bond motifs is 1. The van der Waals surface area contributed by atoms with Crippen molar-refractivity contribution in [1.29, 1.82) is 0 Å². The highest BCUT2D eigenvalue weighted by Gasteiger charge is 2.18. The Bertz CT molecular complexity index is 1320. The Morgan fingerprint density at radius 3 is 2.75 bits per heavy atom. The molecule has 0 radical (unpaired) electrons. The molecule has 0 aliphatic carbocycles. The Morgan fingerprint density at radius 2 is 1.88 bits per heavy atom. The standard InChI is InChI=1S/C24H24N8/c1-2-18-7-5-8-19(28-18)22-23(32-15-4-3-9-21(32)30-22)20-10-12-27-24(29-20)26-11-6-14-31-16-13-25-17-31/h3-5,7-10,12-13,15-17H,2,6,11,14H2,1H3,(H,26,27,29). The molecule has 5 aromatic heterocycles. The van der Waals surface area contributed by atoms with Crippen LogP contribution in [-0.4, -0.2) is 40.4 Å². The van der Waals surface area contributed by atoms with Crippen molar-refractivity contribution in [2.45, 2.75) is 26.3 Å². The average molecular weight is 425 g/mol. The van der Waals surface area contributed by atoms with Gasteiger partial charge >= 0.3 is 0 Å². The van der Waals surface area contributed by atoms with E-state index in [-0.39, 0.29) is 0 Å². The maximum Gasteiger partial charge on any atom is 0.223 e. The summed E-state index contributed by atoms with van der Waals surface area (Å²) in [6.07, 6.45) is 11.2. The Morgan fingerprint density at radius 1 is 0.906 bits per heavy atom. The fourth-order valence-corrected chi connectivity index (χ4v) is 3.68. The van der Waals surface area contributed by atoms with E-state index in [4.69, 9.17) is 15.0 Å². The predicted octanol–water partition coefficient (Wildman–Crippen LogP) is 4.11. The summed E-state index contributed by atoms with van der Waals surface area (Å²) >= 11 is 0. The second kappa shape index (κ2) is 8.97. The highest BCUT2D eigenvalue weighted by molar-refractivity contribution is 5.79. The first-order valence-corrected chi connectivity index (χ1v) is 10.8. The van der Waals surface area contributed by atoms with Gasteiger partial charge in [-0.1, -0.05) is 19.1 Å². The number of hydrogen-bond acceptors (Lipinski definition) is 6. The minimum absolute atomic E-state index is 0.597. The molecule has 0 saturated heterocycles. The van der Waals surface area contributed by atoms with Crippen molar-refractivity contribution >= 4 is 11.6 Å². The van der Waals surface area contributed by atoms with E-state index in [9.17, 15) is 0 Å². The van der Waals surface area contributed by atoms with Gasteiger partial charge < -0.3 is 9.88 Å². The minimum Gasteiger partial charge on any atom is -0.354 e. The number of hydrogen-bond donors (Lipinski definition) is 1. The van der Waals surface area contributed by atoms with Crippen molar-refractivity contribution in [2.24, 2.45) is 0 Å². The molecule has 5 heterocycles. The van der Waals surface area contributed by atoms with Crippen molar-refractivity contribution in [2.75, 3.05) is 11.9 Å². The molecule has 0 atom stereocenters. The summed E-state index contributed by atoms with van der Waals surface area (Å²) in [6.45, 7) is 3.76. The number of aromatic nitrogens is 7. The molecule has 0 fully saturated rings. The van der Waals surface area contributed by atoms with Gasteiger partial charge in [-0.25, -0.2) is 19.9 Å². The molecule has 0 bridgehead atoms. The summed E-state index contributed by atoms with van der Waals surface area (Å²) in [6, 6.07) is 14.0. The molecular weight excluding hydrogens is 400 g/mol. The lowest BCUT2D eigenvalue weighted by Crippen LogP contribution is -2.08. The largest absolute Gasteiger partial charge is 0.354 e. The molecular formula is C24H24N8. The molecule has 8 nitrogen and oxygen atoms in total. The fraction of sp³-hybridized carbons (Fsp3) is 0.208. The van der Waals surface area contributed by atoms with Gasteiger partial charge in [0.2, 0.25) is 5.95 Å². The lowest BCUT2D eigenvalue weighted by atomic mass is 10.1. The Balaban J connectivity index is 1.46. The summed E-state index contributed by atoms with van der Waals surface area (Å²) in [5.74, 6) is 0.597. The van der Waals surface area contributed by atoms with Crippen LogP contribution >= 0.6 is 0 Å². The zero-order valence-corrected chi connectivity index (χ0v) is 17.9. The Kier molecular flexibility index (Phi) is 5.57. The lowest BCUT2D eigenvalue weighted by Gasteiger charge is -2.09. The SMILES string of the molecule is CCc1cccc(-c2nc3ccccn3c2-c2ccnc(NCCCn3ccnc3)n2)n1. The van der Waals surface area contributed by atoms with Crippen molar-refractivity contribution in [3.63, 3.8) is 0 Å². The highest BCUT2D eigenvalue weighted by atomic mass is 15.1. The Labute approximate surface area is 186 Å². The van der Waals surface area contributed by atoms with E-state index in [1.807, 2.05) is 61.2 Å². The van der Waals surface area contributed by atoms with Crippen LogP contribution in [-0.2, 0) is 13.0 Å². The van der Waals surface area contributed by atoms with Crippen LogP contribution in [0.25, 0.3) is 28.4 Å². The number of nitrogens with zero attached hydrogens (tertiary/aromatic N) is 7. The van der Waals surface area contributed by atoms with Crippen LogP contribution in [0.4, 0.5) is 5.95 Å². The second-order valence-corrected chi connectivity index (χ2v) is 7.45. The number of anilines is 1. The zero-order valence-electron chi connectivity index (χ0n) is 17.9. The van der Waals surface area contributed by atoms with Crippen LogP contribution in [0.3, 0.4) is 0 Å². The molecule has 0 unspecified atom stereocenters. The molecule has 0 aliphatic rings. The summed E-state index contributed by atoms with van der Waals surface area (Å²) in [5.41, 5.74) is 5.26. The zero-order chi connectivity index (χ0) is 21.8. The number of imidazole rings is 2. The van der Waals surface area contributed by atoms with Crippen LogP contribution in [0.5, 0.6) is 0 Å². The van der Waals surface area contributed by atoms with Crippen LogP contribution in [0.1, 0.15) is 19.0 Å². The topological polar surface area (TPSA) is 85.8 Å². The first-order valence-electron chi connectivity index (χ1n) is 10.8. The van der Waals surface area contributed by atoms with Gasteiger partial charge in [-0.15, -0.1) is 0 Å². The Hall–Kier alpha value is -4.07. The second-order valence-electron chi connectivity index (χ2n) is 7.45. The molecule has 5 rings (SSSR count). The molecule has 1 N–H and O–H groups in total. The van der Waals surface area contributed by atoms with E-state index >= 15 is 0 Å². The van der Waals surface area contributed by atoms with Gasteiger partial charge in [-0.2, -0.15) is 0 Å². The van der Waals surface area contributed by atoms with Crippen molar-refractivity contribution in [3.8, 4) is 22.8 Å². The van der Waals surface area contributed by atoms with Crippen molar-refractivity contribution in [3.05, 3.63) is 79.3 Å². The van der Waals surface area contributed by atoms with E-state index in [0.29, 0.717) is 5.95 Å². The van der Waals surface area contributed by atoms with E-state index < -0.39 is 0 Å². The molecule has 0 aromatic carbocycles. The molecule has 8 heteroatoms. The smallest absolute Gasteiger partial charge is 0.223 e. The van der Waals surface area contributed by atoms with Gasteiger partial charge in [-0.05, 0) is 43.2 Å². The maximum atomic E-state index is 4.88. The lowest BCUT2D eigenvalue weighted by molar-refractivity contribution is 0.659. The van der Waals surface area contributed by atoms with Gasteiger partial charge in [0.1, 0.15) is 17.0 Å². The minimum atomic E-state index is 0.597. The van der Waals surface area contributed by atoms with Gasteiger partial charge in [-0.3, -0.25) is 9.38 Å². The number of aryl methyl sites for hydroxylation is 2. The van der Waals surface area contributed by atoms with Crippen LogP contribution in [0.15, 0.2) is 73.6 Å². The third-order valence-electron chi connectivity index (χ3n) is 5.28. The van der Waals surface area contributed by atoms with Gasteiger partial charge in [0.25, 0.3) is 0 Å². The molecule has 32 heavy (non-hydrogen) atoms. The van der Waals surface area contributed by atoms with E-state index in [2.05, 4.69) is 31.2 Å². The van der Waals surface area contributed by atoms with E-state index in [1.165, 1.54) is 0 Å². The third kappa shape index (κ3) is 4.07. The summed E-state index contributed by atoms with van der Waals surface area (Å²) in [4.78, 5) is 23.0. The third-order valence-corrected chi connectivity index (χ3v) is 5.28. The molecule has 0 aliphatic heterocycles. The van der Waals surface area contributed by atoms with Gasteiger partial charge in [0.15, 0.2) is 0 Å².